The molecule has 6 nitrogen and oxygen atoms in total. The van der Waals surface area contributed by atoms with Crippen LogP contribution in [0.4, 0.5) is 4.79 Å². The van der Waals surface area contributed by atoms with E-state index in [0.29, 0.717) is 5.25 Å². The van der Waals surface area contributed by atoms with E-state index in [4.69, 9.17) is 0 Å². The van der Waals surface area contributed by atoms with Gasteiger partial charge in [-0.15, -0.1) is 10.2 Å². The molecule has 0 saturated carbocycles. The Bertz CT molecular complexity index is 573. The summed E-state index contributed by atoms with van der Waals surface area (Å²) in [7, 11) is 0. The highest BCUT2D eigenvalue weighted by Crippen LogP contribution is 2.27. The third kappa shape index (κ3) is 3.20. The van der Waals surface area contributed by atoms with Crippen LogP contribution in [0.15, 0.2) is 0 Å². The summed E-state index contributed by atoms with van der Waals surface area (Å²) in [5.41, 5.74) is 0. The van der Waals surface area contributed by atoms with Gasteiger partial charge in [0, 0.05) is 36.6 Å². The molecular formula is C16H27N5OS. The predicted octanol–water partition coefficient (Wildman–Crippen LogP) is 2.46. The Hall–Kier alpha value is -1.24. The fraction of sp³-hybridized carbons (Fsp3) is 0.812. The number of thioether (sulfide) groups is 1. The number of carbonyl (C=O) groups excluding carboxylic acids is 1. The van der Waals surface area contributed by atoms with Gasteiger partial charge in [0.05, 0.1) is 6.04 Å². The minimum Gasteiger partial charge on any atom is -0.328 e. The van der Waals surface area contributed by atoms with Crippen LogP contribution < -0.4 is 5.32 Å². The summed E-state index contributed by atoms with van der Waals surface area (Å²) in [6.45, 7) is 10.4. The number of fused-ring (bicyclic) bond motifs is 1. The molecule has 128 valence electrons. The molecule has 1 aromatic rings. The summed E-state index contributed by atoms with van der Waals surface area (Å²) in [4.78, 5) is 14.8. The molecule has 0 spiro atoms. The molecule has 23 heavy (non-hydrogen) atoms. The lowest BCUT2D eigenvalue weighted by Gasteiger charge is -2.38. The summed E-state index contributed by atoms with van der Waals surface area (Å²) < 4.78 is 2.18. The highest BCUT2D eigenvalue weighted by atomic mass is 32.2. The van der Waals surface area contributed by atoms with E-state index in [2.05, 4.69) is 47.8 Å². The minimum atomic E-state index is -0.0843. The second-order valence-corrected chi connectivity index (χ2v) is 8.40. The Morgan fingerprint density at radius 2 is 2.09 bits per heavy atom. The van der Waals surface area contributed by atoms with E-state index < -0.39 is 0 Å². The molecule has 2 amide bonds. The summed E-state index contributed by atoms with van der Waals surface area (Å²) >= 11 is 1.94. The van der Waals surface area contributed by atoms with Crippen LogP contribution in [0.3, 0.4) is 0 Å². The molecule has 3 atom stereocenters. The predicted molar refractivity (Wildman–Crippen MR) is 92.5 cm³/mol. The molecule has 1 aromatic heterocycles. The molecule has 1 saturated heterocycles. The number of urea groups is 1. The van der Waals surface area contributed by atoms with Crippen molar-refractivity contribution in [3.05, 3.63) is 11.6 Å². The van der Waals surface area contributed by atoms with E-state index in [9.17, 15) is 4.79 Å². The first-order valence-corrected chi connectivity index (χ1v) is 9.64. The van der Waals surface area contributed by atoms with E-state index in [1.165, 1.54) is 0 Å². The largest absolute Gasteiger partial charge is 0.328 e. The topological polar surface area (TPSA) is 63.1 Å². The first kappa shape index (κ1) is 16.6. The van der Waals surface area contributed by atoms with Crippen LogP contribution in [0.5, 0.6) is 0 Å². The van der Waals surface area contributed by atoms with Crippen LogP contribution in [0.2, 0.25) is 0 Å². The normalized spacial score (nSPS) is 25.5. The van der Waals surface area contributed by atoms with Gasteiger partial charge in [0.15, 0.2) is 5.82 Å². The van der Waals surface area contributed by atoms with Crippen LogP contribution >= 0.6 is 11.8 Å². The van der Waals surface area contributed by atoms with Gasteiger partial charge in [-0.2, -0.15) is 11.8 Å². The lowest BCUT2D eigenvalue weighted by Crippen LogP contribution is -2.53. The molecular weight excluding hydrogens is 310 g/mol. The van der Waals surface area contributed by atoms with E-state index in [0.717, 1.165) is 43.3 Å². The SMILES string of the molecule is CC(C)C(NC(=O)N1CCSC(C)C1C)c1nnc2n1CCC2. The standard InChI is InChI=1S/C16H27N5OS/c1-10(2)14(15-19-18-13-6-5-7-21(13)15)17-16(22)20-8-9-23-12(4)11(20)3/h10-12,14H,5-9H2,1-4H3,(H,17,22). The summed E-state index contributed by atoms with van der Waals surface area (Å²) in [6.07, 6.45) is 2.11. The van der Waals surface area contributed by atoms with Gasteiger partial charge in [0.25, 0.3) is 0 Å². The van der Waals surface area contributed by atoms with Crippen LogP contribution in [0, 0.1) is 5.92 Å². The maximum Gasteiger partial charge on any atom is 0.318 e. The lowest BCUT2D eigenvalue weighted by atomic mass is 10.0. The van der Waals surface area contributed by atoms with Crippen molar-refractivity contribution in [1.29, 1.82) is 0 Å². The Morgan fingerprint density at radius 3 is 2.83 bits per heavy atom. The summed E-state index contributed by atoms with van der Waals surface area (Å²) in [6, 6.07) is 0.198. The molecule has 2 aliphatic heterocycles. The van der Waals surface area contributed by atoms with E-state index >= 15 is 0 Å². The van der Waals surface area contributed by atoms with Crippen LogP contribution in [-0.4, -0.2) is 49.3 Å². The minimum absolute atomic E-state index is 0.0266. The van der Waals surface area contributed by atoms with Crippen molar-refractivity contribution >= 4 is 17.8 Å². The maximum atomic E-state index is 12.8. The monoisotopic (exact) mass is 337 g/mol. The molecule has 2 aliphatic rings. The smallest absolute Gasteiger partial charge is 0.318 e. The zero-order valence-corrected chi connectivity index (χ0v) is 15.3. The number of nitrogens with one attached hydrogen (secondary N) is 1. The number of carbonyl (C=O) groups is 1. The number of rotatable bonds is 3. The van der Waals surface area contributed by atoms with Crippen LogP contribution in [-0.2, 0) is 13.0 Å². The fourth-order valence-electron chi connectivity index (χ4n) is 3.37. The highest BCUT2D eigenvalue weighted by Gasteiger charge is 2.33. The average Bonchev–Trinajstić information content (AvgIpc) is 3.10. The second kappa shape index (κ2) is 6.71. The molecule has 0 aromatic carbocycles. The van der Waals surface area contributed by atoms with Gasteiger partial charge >= 0.3 is 6.03 Å². The first-order chi connectivity index (χ1) is 11.0. The summed E-state index contributed by atoms with van der Waals surface area (Å²) in [5, 5.41) is 12.4. The molecule has 7 heteroatoms. The number of hydrogen-bond acceptors (Lipinski definition) is 4. The highest BCUT2D eigenvalue weighted by molar-refractivity contribution is 8.00. The number of hydrogen-bond donors (Lipinski definition) is 1. The third-order valence-electron chi connectivity index (χ3n) is 5.01. The van der Waals surface area contributed by atoms with Crippen LogP contribution in [0.1, 0.15) is 51.8 Å². The van der Waals surface area contributed by atoms with Gasteiger partial charge in [-0.3, -0.25) is 0 Å². The number of aryl methyl sites for hydroxylation is 1. The van der Waals surface area contributed by atoms with Crippen molar-refractivity contribution in [2.75, 3.05) is 12.3 Å². The first-order valence-electron chi connectivity index (χ1n) is 8.59. The van der Waals surface area contributed by atoms with Gasteiger partial charge in [0.1, 0.15) is 5.82 Å². The lowest BCUT2D eigenvalue weighted by molar-refractivity contribution is 0.172. The zero-order chi connectivity index (χ0) is 16.6. The Kier molecular flexibility index (Phi) is 4.85. The molecule has 0 bridgehead atoms. The molecule has 3 rings (SSSR count). The molecule has 1 N–H and O–H groups in total. The molecule has 3 unspecified atom stereocenters. The van der Waals surface area contributed by atoms with Crippen molar-refractivity contribution in [3.63, 3.8) is 0 Å². The Balaban J connectivity index is 1.76. The van der Waals surface area contributed by atoms with Crippen molar-refractivity contribution in [1.82, 2.24) is 25.0 Å². The quantitative estimate of drug-likeness (QED) is 0.920. The van der Waals surface area contributed by atoms with Gasteiger partial charge < -0.3 is 14.8 Å². The van der Waals surface area contributed by atoms with Gasteiger partial charge in [-0.1, -0.05) is 20.8 Å². The van der Waals surface area contributed by atoms with Gasteiger partial charge in [-0.25, -0.2) is 4.79 Å². The van der Waals surface area contributed by atoms with E-state index in [1.54, 1.807) is 0 Å². The number of nitrogens with zero attached hydrogens (tertiary/aromatic N) is 4. The van der Waals surface area contributed by atoms with Gasteiger partial charge in [-0.05, 0) is 19.3 Å². The zero-order valence-electron chi connectivity index (χ0n) is 14.5. The summed E-state index contributed by atoms with van der Waals surface area (Å²) in [5.74, 6) is 3.25. The van der Waals surface area contributed by atoms with Gasteiger partial charge in [0.2, 0.25) is 0 Å². The Morgan fingerprint density at radius 1 is 1.30 bits per heavy atom. The van der Waals surface area contributed by atoms with Crippen molar-refractivity contribution in [2.24, 2.45) is 5.92 Å². The van der Waals surface area contributed by atoms with E-state index in [1.807, 2.05) is 16.7 Å². The average molecular weight is 337 g/mol. The molecule has 1 fully saturated rings. The Labute approximate surface area is 142 Å². The molecule has 0 aliphatic carbocycles. The van der Waals surface area contributed by atoms with E-state index in [-0.39, 0.29) is 24.0 Å². The van der Waals surface area contributed by atoms with Crippen LogP contribution in [0.25, 0.3) is 0 Å². The van der Waals surface area contributed by atoms with Crippen molar-refractivity contribution in [2.45, 2.75) is 64.4 Å². The second-order valence-electron chi connectivity index (χ2n) is 6.91. The van der Waals surface area contributed by atoms with Crippen molar-refractivity contribution in [3.8, 4) is 0 Å². The van der Waals surface area contributed by atoms with Crippen molar-refractivity contribution < 1.29 is 4.79 Å². The fourth-order valence-corrected chi connectivity index (χ4v) is 4.47. The maximum absolute atomic E-state index is 12.8. The number of amides is 2. The number of aromatic nitrogens is 3. The molecule has 0 radical (unpaired) electrons. The third-order valence-corrected chi connectivity index (χ3v) is 6.34. The molecule has 3 heterocycles.